The first-order valence-electron chi connectivity index (χ1n) is 6.66. The van der Waals surface area contributed by atoms with Gasteiger partial charge in [-0.2, -0.15) is 0 Å². The van der Waals surface area contributed by atoms with E-state index in [4.69, 9.17) is 9.84 Å². The van der Waals surface area contributed by atoms with Crippen molar-refractivity contribution in [2.24, 2.45) is 5.92 Å². The van der Waals surface area contributed by atoms with Crippen molar-refractivity contribution in [3.63, 3.8) is 0 Å². The molecule has 0 bridgehead atoms. The summed E-state index contributed by atoms with van der Waals surface area (Å²) >= 11 is 0. The van der Waals surface area contributed by atoms with E-state index in [0.717, 1.165) is 0 Å². The molecule has 7 nitrogen and oxygen atoms in total. The molecule has 7 heteroatoms. The van der Waals surface area contributed by atoms with Crippen LogP contribution in [0, 0.1) is 5.92 Å². The summed E-state index contributed by atoms with van der Waals surface area (Å²) in [6, 6.07) is -1.83. The Balaban J connectivity index is 4.80. The summed E-state index contributed by atoms with van der Waals surface area (Å²) in [5, 5.41) is 11.5. The van der Waals surface area contributed by atoms with Crippen molar-refractivity contribution in [2.45, 2.75) is 46.7 Å². The summed E-state index contributed by atoms with van der Waals surface area (Å²) in [5.41, 5.74) is 0. The number of amides is 2. The lowest BCUT2D eigenvalue weighted by Crippen LogP contribution is -2.53. The molecule has 0 aliphatic rings. The van der Waals surface area contributed by atoms with Gasteiger partial charge < -0.3 is 20.1 Å². The molecule has 0 spiro atoms. The molecular formula is C13H24N2O5. The summed E-state index contributed by atoms with van der Waals surface area (Å²) in [7, 11) is 0. The van der Waals surface area contributed by atoms with Crippen LogP contribution in [0.25, 0.3) is 0 Å². The maximum Gasteiger partial charge on any atom is 0.326 e. The lowest BCUT2D eigenvalue weighted by molar-refractivity contribution is -0.144. The van der Waals surface area contributed by atoms with Crippen LogP contribution in [0.5, 0.6) is 0 Å². The lowest BCUT2D eigenvalue weighted by Gasteiger charge is -2.28. The molecule has 0 saturated carbocycles. The van der Waals surface area contributed by atoms with Gasteiger partial charge in [0.2, 0.25) is 0 Å². The average molecular weight is 288 g/mol. The predicted octanol–water partition coefficient (Wildman–Crippen LogP) is 1.08. The van der Waals surface area contributed by atoms with Crippen LogP contribution < -0.4 is 5.32 Å². The van der Waals surface area contributed by atoms with Gasteiger partial charge >= 0.3 is 18.0 Å². The zero-order valence-electron chi connectivity index (χ0n) is 12.7. The van der Waals surface area contributed by atoms with Crippen molar-refractivity contribution >= 4 is 18.0 Å². The summed E-state index contributed by atoms with van der Waals surface area (Å²) in [4.78, 5) is 35.9. The van der Waals surface area contributed by atoms with E-state index in [9.17, 15) is 14.4 Å². The van der Waals surface area contributed by atoms with E-state index in [0.29, 0.717) is 0 Å². The van der Waals surface area contributed by atoms with Crippen molar-refractivity contribution in [3.05, 3.63) is 0 Å². The van der Waals surface area contributed by atoms with Crippen LogP contribution in [0.1, 0.15) is 34.6 Å². The van der Waals surface area contributed by atoms with E-state index in [1.165, 1.54) is 4.90 Å². The van der Waals surface area contributed by atoms with Gasteiger partial charge in [0.25, 0.3) is 0 Å². The minimum Gasteiger partial charge on any atom is -0.480 e. The summed E-state index contributed by atoms with van der Waals surface area (Å²) in [5.74, 6) is -1.88. The van der Waals surface area contributed by atoms with Crippen molar-refractivity contribution in [2.75, 3.05) is 13.2 Å². The number of carbonyl (C=O) groups excluding carboxylic acids is 2. The fraction of sp³-hybridized carbons (Fsp3) is 0.769. The molecule has 20 heavy (non-hydrogen) atoms. The molecule has 0 aromatic rings. The van der Waals surface area contributed by atoms with Gasteiger partial charge in [-0.15, -0.1) is 0 Å². The predicted molar refractivity (Wildman–Crippen MR) is 73.3 cm³/mol. The number of rotatable bonds is 7. The van der Waals surface area contributed by atoms with E-state index < -0.39 is 24.0 Å². The normalized spacial score (nSPS) is 12.2. The van der Waals surface area contributed by atoms with E-state index in [1.807, 2.05) is 0 Å². The lowest BCUT2D eigenvalue weighted by atomic mass is 10.1. The molecule has 0 rings (SSSR count). The van der Waals surface area contributed by atoms with Gasteiger partial charge in [-0.05, 0) is 26.7 Å². The van der Waals surface area contributed by atoms with Crippen molar-refractivity contribution in [1.82, 2.24) is 10.2 Å². The van der Waals surface area contributed by atoms with Gasteiger partial charge in [-0.3, -0.25) is 4.79 Å². The third kappa shape index (κ3) is 5.90. The van der Waals surface area contributed by atoms with Crippen LogP contribution in [-0.2, 0) is 14.3 Å². The highest BCUT2D eigenvalue weighted by Crippen LogP contribution is 2.05. The number of ether oxygens (including phenoxy) is 1. The number of urea groups is 1. The molecule has 1 atom stereocenters. The Bertz CT molecular complexity index is 355. The Labute approximate surface area is 119 Å². The van der Waals surface area contributed by atoms with Gasteiger partial charge in [-0.1, -0.05) is 13.8 Å². The molecule has 0 unspecified atom stereocenters. The van der Waals surface area contributed by atoms with Crippen LogP contribution in [0.2, 0.25) is 0 Å². The Morgan fingerprint density at radius 2 is 1.75 bits per heavy atom. The van der Waals surface area contributed by atoms with E-state index in [2.05, 4.69) is 5.32 Å². The Morgan fingerprint density at radius 3 is 2.10 bits per heavy atom. The highest BCUT2D eigenvalue weighted by atomic mass is 16.5. The molecule has 0 aromatic heterocycles. The number of nitrogens with one attached hydrogen (secondary N) is 1. The molecule has 0 heterocycles. The van der Waals surface area contributed by atoms with Crippen molar-refractivity contribution in [1.29, 1.82) is 0 Å². The highest BCUT2D eigenvalue weighted by Gasteiger charge is 2.28. The Kier molecular flexibility index (Phi) is 7.64. The summed E-state index contributed by atoms with van der Waals surface area (Å²) in [6.45, 7) is 8.58. The molecule has 0 aromatic carbocycles. The van der Waals surface area contributed by atoms with Crippen LogP contribution in [0.15, 0.2) is 0 Å². The molecule has 116 valence electrons. The number of carbonyl (C=O) groups is 3. The highest BCUT2D eigenvalue weighted by molar-refractivity contribution is 5.85. The zero-order chi connectivity index (χ0) is 15.9. The molecule has 0 radical (unpaired) electrons. The van der Waals surface area contributed by atoms with E-state index in [1.54, 1.807) is 34.6 Å². The fourth-order valence-corrected chi connectivity index (χ4v) is 1.56. The molecule has 0 aliphatic heterocycles. The second-order valence-corrected chi connectivity index (χ2v) is 5.04. The zero-order valence-corrected chi connectivity index (χ0v) is 12.7. The maximum atomic E-state index is 12.1. The summed E-state index contributed by atoms with van der Waals surface area (Å²) < 4.78 is 4.80. The minimum atomic E-state index is -1.10. The van der Waals surface area contributed by atoms with Gasteiger partial charge in [0, 0.05) is 6.04 Å². The maximum absolute atomic E-state index is 12.1. The monoisotopic (exact) mass is 288 g/mol. The van der Waals surface area contributed by atoms with Crippen molar-refractivity contribution < 1.29 is 24.2 Å². The third-order valence-corrected chi connectivity index (χ3v) is 2.70. The fourth-order valence-electron chi connectivity index (χ4n) is 1.56. The first kappa shape index (κ1) is 18.2. The number of hydrogen-bond acceptors (Lipinski definition) is 4. The largest absolute Gasteiger partial charge is 0.480 e. The quantitative estimate of drug-likeness (QED) is 0.683. The summed E-state index contributed by atoms with van der Waals surface area (Å²) in [6.07, 6.45) is 0. The number of hydrogen-bond donors (Lipinski definition) is 2. The van der Waals surface area contributed by atoms with Crippen LogP contribution in [0.4, 0.5) is 4.79 Å². The molecule has 0 saturated heterocycles. The van der Waals surface area contributed by atoms with Crippen LogP contribution in [0.3, 0.4) is 0 Å². The van der Waals surface area contributed by atoms with Gasteiger partial charge in [0.1, 0.15) is 12.6 Å². The van der Waals surface area contributed by atoms with Crippen LogP contribution >= 0.6 is 0 Å². The Morgan fingerprint density at radius 1 is 1.20 bits per heavy atom. The molecule has 2 N–H and O–H groups in total. The van der Waals surface area contributed by atoms with E-state index in [-0.39, 0.29) is 25.1 Å². The molecule has 0 aliphatic carbocycles. The molecule has 0 fully saturated rings. The molecule has 2 amide bonds. The smallest absolute Gasteiger partial charge is 0.326 e. The van der Waals surface area contributed by atoms with Crippen molar-refractivity contribution in [3.8, 4) is 0 Å². The van der Waals surface area contributed by atoms with E-state index >= 15 is 0 Å². The first-order chi connectivity index (χ1) is 9.20. The second-order valence-electron chi connectivity index (χ2n) is 5.04. The SMILES string of the molecule is CCOC(=O)CN(C(=O)N[C@H](C(=O)O)C(C)C)C(C)C. The van der Waals surface area contributed by atoms with Gasteiger partial charge in [0.05, 0.1) is 6.61 Å². The standard InChI is InChI=1S/C13H24N2O5/c1-6-20-10(16)7-15(9(4)5)13(19)14-11(8(2)3)12(17)18/h8-9,11H,6-7H2,1-5H3,(H,14,19)(H,17,18)/t11-/m0/s1. The number of nitrogens with zero attached hydrogens (tertiary/aromatic N) is 1. The topological polar surface area (TPSA) is 95.9 Å². The third-order valence-electron chi connectivity index (χ3n) is 2.70. The van der Waals surface area contributed by atoms with Gasteiger partial charge in [-0.25, -0.2) is 9.59 Å². The average Bonchev–Trinajstić information content (AvgIpc) is 2.31. The van der Waals surface area contributed by atoms with Gasteiger partial charge in [0.15, 0.2) is 0 Å². The number of aliphatic carboxylic acids is 1. The first-order valence-corrected chi connectivity index (χ1v) is 6.66. The number of carboxylic acids is 1. The molecular weight excluding hydrogens is 264 g/mol. The Hall–Kier alpha value is -1.79. The number of esters is 1. The van der Waals surface area contributed by atoms with Crippen LogP contribution in [-0.4, -0.2) is 53.2 Å². The minimum absolute atomic E-state index is 0.207. The second kappa shape index (κ2) is 8.39. The number of carboxylic acid groups (broad SMARTS) is 1.